The molecule has 1 aromatic heterocycles. The molecule has 0 bridgehead atoms. The van der Waals surface area contributed by atoms with Crippen LogP contribution in [0.4, 0.5) is 14.5 Å². The van der Waals surface area contributed by atoms with Crippen LogP contribution in [0, 0.1) is 11.6 Å². The van der Waals surface area contributed by atoms with Gasteiger partial charge in [0.15, 0.2) is 0 Å². The van der Waals surface area contributed by atoms with Gasteiger partial charge in [-0.05, 0) is 49.8 Å². The average molecular weight is 502 g/mol. The minimum absolute atomic E-state index is 0.00557. The van der Waals surface area contributed by atoms with E-state index >= 15 is 0 Å². The minimum atomic E-state index is -3.59. The number of piperidine rings is 1. The maximum absolute atomic E-state index is 15.0. The number of halogens is 2. The molecule has 0 radical (unpaired) electrons. The number of sulfonamides is 1. The average Bonchev–Trinajstić information content (AvgIpc) is 3.40. The quantitative estimate of drug-likeness (QED) is 0.509. The minimum Gasteiger partial charge on any atom is -0.371 e. The van der Waals surface area contributed by atoms with Gasteiger partial charge in [-0.1, -0.05) is 30.3 Å². The van der Waals surface area contributed by atoms with Crippen molar-refractivity contribution in [2.45, 2.75) is 43.4 Å². The summed E-state index contributed by atoms with van der Waals surface area (Å²) in [6.45, 7) is 1.78. The first-order chi connectivity index (χ1) is 16.9. The highest BCUT2D eigenvalue weighted by Crippen LogP contribution is 2.35. The zero-order chi connectivity index (χ0) is 24.4. The van der Waals surface area contributed by atoms with E-state index in [0.29, 0.717) is 38.2 Å². The molecule has 2 aliphatic rings. The van der Waals surface area contributed by atoms with E-state index < -0.39 is 26.9 Å². The molecule has 2 saturated heterocycles. The molecule has 7 nitrogen and oxygen atoms in total. The Morgan fingerprint density at radius 2 is 1.57 bits per heavy atom. The Labute approximate surface area is 204 Å². The summed E-state index contributed by atoms with van der Waals surface area (Å²) in [5, 5.41) is 7.08. The van der Waals surface area contributed by atoms with Crippen LogP contribution in [0.25, 0.3) is 0 Å². The van der Waals surface area contributed by atoms with Gasteiger partial charge in [0.2, 0.25) is 10.0 Å². The fraction of sp³-hybridized carbons (Fsp3) is 0.440. The smallest absolute Gasteiger partial charge is 0.221 e. The van der Waals surface area contributed by atoms with Crippen LogP contribution in [-0.4, -0.2) is 53.7 Å². The number of rotatable bonds is 6. The summed E-state index contributed by atoms with van der Waals surface area (Å²) in [6, 6.07) is 12.2. The summed E-state index contributed by atoms with van der Waals surface area (Å²) >= 11 is 0. The predicted octanol–water partition coefficient (Wildman–Crippen LogP) is 4.11. The van der Waals surface area contributed by atoms with Crippen molar-refractivity contribution in [1.82, 2.24) is 19.1 Å². The largest absolute Gasteiger partial charge is 0.371 e. The Balaban J connectivity index is 1.25. The predicted molar refractivity (Wildman–Crippen MR) is 129 cm³/mol. The highest BCUT2D eigenvalue weighted by atomic mass is 32.2. The van der Waals surface area contributed by atoms with E-state index in [-0.39, 0.29) is 24.6 Å². The molecule has 0 amide bonds. The van der Waals surface area contributed by atoms with Gasteiger partial charge in [0.05, 0.1) is 0 Å². The summed E-state index contributed by atoms with van der Waals surface area (Å²) in [5.74, 6) is -1.26. The molecule has 1 atom stereocenters. The van der Waals surface area contributed by atoms with E-state index in [1.807, 2.05) is 39.8 Å². The molecule has 0 saturated carbocycles. The standard InChI is InChI=1S/C25H29F2N5O2S/c26-23-15-21(30-12-8-20(9-13-30)31-17-28-29-18-31)16-24(27)22(23)10-14-32-11-4-7-25(35(32,33)34)19-5-2-1-3-6-19/h1-3,5-6,15-18,20,25H,4,7-14H2. The Morgan fingerprint density at radius 1 is 0.914 bits per heavy atom. The van der Waals surface area contributed by atoms with Gasteiger partial charge in [0, 0.05) is 43.5 Å². The van der Waals surface area contributed by atoms with Crippen LogP contribution in [-0.2, 0) is 16.4 Å². The summed E-state index contributed by atoms with van der Waals surface area (Å²) in [7, 11) is -3.59. The van der Waals surface area contributed by atoms with E-state index in [2.05, 4.69) is 10.2 Å². The SMILES string of the molecule is O=S1(=O)C(c2ccccc2)CCCN1CCc1c(F)cc(N2CCC(n3cnnc3)CC2)cc1F. The molecular weight excluding hydrogens is 472 g/mol. The van der Waals surface area contributed by atoms with Gasteiger partial charge in [0.1, 0.15) is 29.5 Å². The van der Waals surface area contributed by atoms with Crippen LogP contribution in [0.1, 0.15) is 48.1 Å². The van der Waals surface area contributed by atoms with E-state index in [9.17, 15) is 17.2 Å². The second-order valence-corrected chi connectivity index (χ2v) is 11.4. The molecule has 5 rings (SSSR count). The van der Waals surface area contributed by atoms with Crippen LogP contribution in [0.5, 0.6) is 0 Å². The highest BCUT2D eigenvalue weighted by molar-refractivity contribution is 7.89. The molecule has 0 spiro atoms. The summed E-state index contributed by atoms with van der Waals surface area (Å²) in [6.07, 6.45) is 6.31. The molecule has 10 heteroatoms. The van der Waals surface area contributed by atoms with Gasteiger partial charge in [-0.25, -0.2) is 21.5 Å². The first-order valence-corrected chi connectivity index (χ1v) is 13.5. The molecule has 2 fully saturated rings. The van der Waals surface area contributed by atoms with Gasteiger partial charge in [-0.2, -0.15) is 0 Å². The fourth-order valence-electron chi connectivity index (χ4n) is 5.22. The fourth-order valence-corrected chi connectivity index (χ4v) is 7.28. The molecule has 3 aromatic rings. The van der Waals surface area contributed by atoms with Crippen molar-refractivity contribution in [3.05, 3.63) is 77.9 Å². The van der Waals surface area contributed by atoms with Crippen LogP contribution in [0.2, 0.25) is 0 Å². The van der Waals surface area contributed by atoms with Gasteiger partial charge in [-0.15, -0.1) is 10.2 Å². The third kappa shape index (κ3) is 4.95. The lowest BCUT2D eigenvalue weighted by Gasteiger charge is -2.34. The molecule has 2 aromatic carbocycles. The number of anilines is 1. The number of hydrogen-bond acceptors (Lipinski definition) is 5. The molecule has 0 aliphatic carbocycles. The molecular formula is C25H29F2N5O2S. The maximum Gasteiger partial charge on any atom is 0.221 e. The van der Waals surface area contributed by atoms with E-state index in [4.69, 9.17) is 0 Å². The highest BCUT2D eigenvalue weighted by Gasteiger charge is 2.36. The normalized spacial score (nSPS) is 21.3. The lowest BCUT2D eigenvalue weighted by atomic mass is 10.0. The van der Waals surface area contributed by atoms with Gasteiger partial charge in [0.25, 0.3) is 0 Å². The van der Waals surface area contributed by atoms with Gasteiger partial charge < -0.3 is 9.47 Å². The monoisotopic (exact) mass is 501 g/mol. The first kappa shape index (κ1) is 23.9. The third-order valence-electron chi connectivity index (χ3n) is 7.19. The lowest BCUT2D eigenvalue weighted by molar-refractivity contribution is 0.363. The number of hydrogen-bond donors (Lipinski definition) is 0. The molecule has 186 valence electrons. The Bertz CT molecular complexity index is 1220. The van der Waals surface area contributed by atoms with Crippen LogP contribution < -0.4 is 4.90 Å². The van der Waals surface area contributed by atoms with Crippen molar-refractivity contribution in [3.8, 4) is 0 Å². The van der Waals surface area contributed by atoms with Gasteiger partial charge in [-0.3, -0.25) is 0 Å². The zero-order valence-electron chi connectivity index (χ0n) is 19.4. The zero-order valence-corrected chi connectivity index (χ0v) is 20.2. The second-order valence-electron chi connectivity index (χ2n) is 9.25. The Kier molecular flexibility index (Phi) is 6.84. The molecule has 0 N–H and O–H groups in total. The van der Waals surface area contributed by atoms with Crippen molar-refractivity contribution < 1.29 is 17.2 Å². The first-order valence-electron chi connectivity index (χ1n) is 12.0. The second kappa shape index (κ2) is 10.0. The molecule has 3 heterocycles. The van der Waals surface area contributed by atoms with E-state index in [0.717, 1.165) is 18.4 Å². The topological polar surface area (TPSA) is 71.3 Å². The third-order valence-corrected chi connectivity index (χ3v) is 9.50. The van der Waals surface area contributed by atoms with Crippen LogP contribution in [0.3, 0.4) is 0 Å². The number of nitrogens with zero attached hydrogens (tertiary/aromatic N) is 5. The number of aromatic nitrogens is 3. The van der Waals surface area contributed by atoms with Crippen molar-refractivity contribution >= 4 is 15.7 Å². The Morgan fingerprint density at radius 3 is 2.23 bits per heavy atom. The molecule has 1 unspecified atom stereocenters. The van der Waals surface area contributed by atoms with E-state index in [1.54, 1.807) is 12.7 Å². The molecule has 35 heavy (non-hydrogen) atoms. The van der Waals surface area contributed by atoms with Crippen molar-refractivity contribution in [3.63, 3.8) is 0 Å². The summed E-state index contributed by atoms with van der Waals surface area (Å²) < 4.78 is 59.8. The number of benzene rings is 2. The van der Waals surface area contributed by atoms with Crippen LogP contribution >= 0.6 is 0 Å². The Hall–Kier alpha value is -2.85. The summed E-state index contributed by atoms with van der Waals surface area (Å²) in [4.78, 5) is 1.98. The maximum atomic E-state index is 15.0. The van der Waals surface area contributed by atoms with Crippen molar-refractivity contribution in [2.24, 2.45) is 0 Å². The van der Waals surface area contributed by atoms with E-state index in [1.165, 1.54) is 16.4 Å². The summed E-state index contributed by atoms with van der Waals surface area (Å²) in [5.41, 5.74) is 1.21. The lowest BCUT2D eigenvalue weighted by Crippen LogP contribution is -2.41. The molecule has 2 aliphatic heterocycles. The van der Waals surface area contributed by atoms with Gasteiger partial charge >= 0.3 is 0 Å². The van der Waals surface area contributed by atoms with Crippen molar-refractivity contribution in [2.75, 3.05) is 31.1 Å². The van der Waals surface area contributed by atoms with Crippen molar-refractivity contribution in [1.29, 1.82) is 0 Å². The van der Waals surface area contributed by atoms with Crippen LogP contribution in [0.15, 0.2) is 55.1 Å².